The van der Waals surface area contributed by atoms with Crippen LogP contribution >= 0.6 is 0 Å². The zero-order valence-electron chi connectivity index (χ0n) is 12.4. The van der Waals surface area contributed by atoms with E-state index in [1.807, 2.05) is 0 Å². The lowest BCUT2D eigenvalue weighted by Crippen LogP contribution is -2.12. The lowest BCUT2D eigenvalue weighted by Gasteiger charge is -2.10. The minimum absolute atomic E-state index is 0.0565. The fraction of sp³-hybridized carbons (Fsp3) is 0.133. The minimum atomic E-state index is -0.620. The minimum Gasteiger partial charge on any atom is -0.506 e. The number of nitrogens with one attached hydrogen (secondary N) is 1. The van der Waals surface area contributed by atoms with Crippen molar-refractivity contribution >= 4 is 17.3 Å². The van der Waals surface area contributed by atoms with E-state index in [0.29, 0.717) is 11.5 Å². The monoisotopic (exact) mass is 318 g/mol. The van der Waals surface area contributed by atoms with Crippen LogP contribution < -0.4 is 14.8 Å². The number of ether oxygens (including phenoxy) is 2. The number of methoxy groups -OCH3 is 2. The maximum absolute atomic E-state index is 12.2. The van der Waals surface area contributed by atoms with E-state index in [4.69, 9.17) is 9.47 Å². The number of rotatable bonds is 5. The van der Waals surface area contributed by atoms with Gasteiger partial charge in [0.1, 0.15) is 5.75 Å². The molecule has 1 amide bonds. The first-order chi connectivity index (χ1) is 11.0. The van der Waals surface area contributed by atoms with Crippen LogP contribution in [0.5, 0.6) is 17.2 Å². The Bertz CT molecular complexity index is 760. The Balaban J connectivity index is 2.29. The number of hydrogen-bond acceptors (Lipinski definition) is 6. The van der Waals surface area contributed by atoms with Crippen LogP contribution in [0.1, 0.15) is 10.4 Å². The van der Waals surface area contributed by atoms with Gasteiger partial charge in [0.25, 0.3) is 11.6 Å². The van der Waals surface area contributed by atoms with Crippen molar-refractivity contribution in [3.8, 4) is 17.2 Å². The van der Waals surface area contributed by atoms with Gasteiger partial charge in [0.05, 0.1) is 24.8 Å². The van der Waals surface area contributed by atoms with Gasteiger partial charge in [-0.1, -0.05) is 0 Å². The molecule has 2 N–H and O–H groups in total. The molecule has 0 radical (unpaired) electrons. The summed E-state index contributed by atoms with van der Waals surface area (Å²) in [6.45, 7) is 0. The molecule has 0 atom stereocenters. The average molecular weight is 318 g/mol. The molecular weight excluding hydrogens is 304 g/mol. The number of phenols is 1. The highest BCUT2D eigenvalue weighted by Crippen LogP contribution is 2.30. The van der Waals surface area contributed by atoms with Crippen molar-refractivity contribution in [3.05, 3.63) is 52.1 Å². The van der Waals surface area contributed by atoms with Gasteiger partial charge in [0.15, 0.2) is 11.5 Å². The molecule has 0 saturated heterocycles. The number of nitro groups is 1. The number of aromatic hydroxyl groups is 1. The van der Waals surface area contributed by atoms with Gasteiger partial charge in [0.2, 0.25) is 0 Å². The maximum Gasteiger partial charge on any atom is 0.271 e. The number of hydrogen-bond donors (Lipinski definition) is 2. The maximum atomic E-state index is 12.2. The Labute approximate surface area is 131 Å². The van der Waals surface area contributed by atoms with Crippen molar-refractivity contribution in [1.82, 2.24) is 0 Å². The second-order valence-corrected chi connectivity index (χ2v) is 4.48. The summed E-state index contributed by atoms with van der Waals surface area (Å²) < 4.78 is 10.2. The molecular formula is C15H14N2O6. The van der Waals surface area contributed by atoms with Gasteiger partial charge in [-0.05, 0) is 24.3 Å². The molecule has 0 unspecified atom stereocenters. The molecule has 8 nitrogen and oxygen atoms in total. The summed E-state index contributed by atoms with van der Waals surface area (Å²) in [6, 6.07) is 7.88. The Morgan fingerprint density at radius 2 is 1.83 bits per heavy atom. The van der Waals surface area contributed by atoms with E-state index in [-0.39, 0.29) is 22.7 Å². The van der Waals surface area contributed by atoms with Gasteiger partial charge in [-0.3, -0.25) is 14.9 Å². The van der Waals surface area contributed by atoms with E-state index in [9.17, 15) is 20.0 Å². The van der Waals surface area contributed by atoms with Gasteiger partial charge < -0.3 is 19.9 Å². The lowest BCUT2D eigenvalue weighted by molar-refractivity contribution is -0.384. The topological polar surface area (TPSA) is 111 Å². The molecule has 8 heteroatoms. The Morgan fingerprint density at radius 1 is 1.13 bits per heavy atom. The van der Waals surface area contributed by atoms with E-state index in [2.05, 4.69) is 5.32 Å². The highest BCUT2D eigenvalue weighted by molar-refractivity contribution is 6.05. The average Bonchev–Trinajstić information content (AvgIpc) is 2.55. The van der Waals surface area contributed by atoms with E-state index in [1.165, 1.54) is 26.4 Å². The van der Waals surface area contributed by atoms with Crippen molar-refractivity contribution in [2.75, 3.05) is 19.5 Å². The third kappa shape index (κ3) is 3.49. The van der Waals surface area contributed by atoms with Crippen molar-refractivity contribution < 1.29 is 24.3 Å². The highest BCUT2D eigenvalue weighted by atomic mass is 16.6. The number of nitrogens with zero attached hydrogens (tertiary/aromatic N) is 1. The van der Waals surface area contributed by atoms with Crippen molar-refractivity contribution in [3.63, 3.8) is 0 Å². The molecule has 0 bridgehead atoms. The number of amides is 1. The molecule has 2 rings (SSSR count). The molecule has 2 aromatic carbocycles. The second kappa shape index (κ2) is 6.65. The van der Waals surface area contributed by atoms with E-state index in [1.54, 1.807) is 6.07 Å². The Kier molecular flexibility index (Phi) is 4.65. The molecule has 0 aliphatic heterocycles. The summed E-state index contributed by atoms with van der Waals surface area (Å²) >= 11 is 0. The zero-order chi connectivity index (χ0) is 17.0. The molecule has 0 aromatic heterocycles. The summed E-state index contributed by atoms with van der Waals surface area (Å²) in [6.07, 6.45) is 0. The molecule has 0 saturated carbocycles. The first-order valence-electron chi connectivity index (χ1n) is 6.47. The Hall–Kier alpha value is -3.29. The number of non-ortho nitro benzene ring substituents is 1. The molecule has 0 aliphatic rings. The number of carbonyl (C=O) groups is 1. The second-order valence-electron chi connectivity index (χ2n) is 4.48. The largest absolute Gasteiger partial charge is 0.506 e. The lowest BCUT2D eigenvalue weighted by atomic mass is 10.1. The van der Waals surface area contributed by atoms with Crippen LogP contribution in [0.25, 0.3) is 0 Å². The van der Waals surface area contributed by atoms with Crippen LogP contribution in [0.15, 0.2) is 36.4 Å². The summed E-state index contributed by atoms with van der Waals surface area (Å²) in [5.74, 6) is -0.00293. The van der Waals surface area contributed by atoms with Crippen LogP contribution in [0, 0.1) is 10.1 Å². The summed E-state index contributed by atoms with van der Waals surface area (Å²) in [5, 5.41) is 22.9. The summed E-state index contributed by atoms with van der Waals surface area (Å²) in [7, 11) is 2.91. The molecule has 120 valence electrons. The molecule has 0 fully saturated rings. The fourth-order valence-electron chi connectivity index (χ4n) is 1.91. The predicted molar refractivity (Wildman–Crippen MR) is 82.3 cm³/mol. The van der Waals surface area contributed by atoms with Gasteiger partial charge >= 0.3 is 0 Å². The highest BCUT2D eigenvalue weighted by Gasteiger charge is 2.15. The zero-order valence-corrected chi connectivity index (χ0v) is 12.4. The summed E-state index contributed by atoms with van der Waals surface area (Å²) in [5.41, 5.74) is -0.0575. The number of nitro benzene ring substituents is 1. The standard InChI is InChI=1S/C15H14N2O6/c1-22-13-6-3-9(7-14(13)23-2)15(19)16-11-8-10(17(20)21)4-5-12(11)18/h3-8,18H,1-2H3,(H,16,19). The van der Waals surface area contributed by atoms with E-state index >= 15 is 0 Å². The molecule has 0 heterocycles. The van der Waals surface area contributed by atoms with Gasteiger partial charge in [-0.25, -0.2) is 0 Å². The van der Waals surface area contributed by atoms with Gasteiger partial charge in [-0.15, -0.1) is 0 Å². The first-order valence-corrected chi connectivity index (χ1v) is 6.47. The summed E-state index contributed by atoms with van der Waals surface area (Å²) in [4.78, 5) is 22.4. The molecule has 0 aliphatic carbocycles. The molecule has 0 spiro atoms. The van der Waals surface area contributed by atoms with Crippen molar-refractivity contribution in [1.29, 1.82) is 0 Å². The van der Waals surface area contributed by atoms with E-state index < -0.39 is 10.8 Å². The smallest absolute Gasteiger partial charge is 0.271 e. The van der Waals surface area contributed by atoms with E-state index in [0.717, 1.165) is 18.2 Å². The third-order valence-electron chi connectivity index (χ3n) is 3.08. The normalized spacial score (nSPS) is 10.0. The van der Waals surface area contributed by atoms with Crippen molar-refractivity contribution in [2.24, 2.45) is 0 Å². The molecule has 2 aromatic rings. The number of phenolic OH excluding ortho intramolecular Hbond substituents is 1. The van der Waals surface area contributed by atoms with Crippen LogP contribution in [0.4, 0.5) is 11.4 Å². The first kappa shape index (κ1) is 16.1. The van der Waals surface area contributed by atoms with Gasteiger partial charge in [-0.2, -0.15) is 0 Å². The third-order valence-corrected chi connectivity index (χ3v) is 3.08. The molecule has 23 heavy (non-hydrogen) atoms. The number of benzene rings is 2. The van der Waals surface area contributed by atoms with Gasteiger partial charge in [0, 0.05) is 17.7 Å². The quantitative estimate of drug-likeness (QED) is 0.498. The van der Waals surface area contributed by atoms with Crippen molar-refractivity contribution in [2.45, 2.75) is 0 Å². The van der Waals surface area contributed by atoms with Crippen LogP contribution in [-0.4, -0.2) is 30.2 Å². The SMILES string of the molecule is COc1ccc(C(=O)Nc2cc([N+](=O)[O-])ccc2O)cc1OC. The predicted octanol–water partition coefficient (Wildman–Crippen LogP) is 2.57. The van der Waals surface area contributed by atoms with Crippen LogP contribution in [-0.2, 0) is 0 Å². The number of anilines is 1. The van der Waals surface area contributed by atoms with Crippen LogP contribution in [0.3, 0.4) is 0 Å². The van der Waals surface area contributed by atoms with Crippen LogP contribution in [0.2, 0.25) is 0 Å². The Morgan fingerprint density at radius 3 is 2.43 bits per heavy atom. The fourth-order valence-corrected chi connectivity index (χ4v) is 1.91. The number of carbonyl (C=O) groups excluding carboxylic acids is 1.